The quantitative estimate of drug-likeness (QED) is 0.634. The van der Waals surface area contributed by atoms with Crippen LogP contribution in [-0.4, -0.2) is 25.2 Å². The average molecular weight is 403 g/mol. The summed E-state index contributed by atoms with van der Waals surface area (Å²) in [6.07, 6.45) is -2.06. The van der Waals surface area contributed by atoms with E-state index in [2.05, 4.69) is 5.32 Å². The molecule has 7 heteroatoms. The fourth-order valence-electron chi connectivity index (χ4n) is 3.28. The summed E-state index contributed by atoms with van der Waals surface area (Å²) in [6, 6.07) is 14.6. The second-order valence-corrected chi connectivity index (χ2v) is 7.66. The van der Waals surface area contributed by atoms with E-state index in [0.717, 1.165) is 16.9 Å². The highest BCUT2D eigenvalue weighted by atomic mass is 32.1. The molecule has 3 aromatic rings. The molecule has 1 atom stereocenters. The maximum Gasteiger partial charge on any atom is 0.273 e. The van der Waals surface area contributed by atoms with Crippen molar-refractivity contribution in [1.29, 1.82) is 0 Å². The zero-order valence-electron chi connectivity index (χ0n) is 15.0. The van der Waals surface area contributed by atoms with E-state index in [1.165, 1.54) is 0 Å². The molecule has 1 amide bonds. The molecule has 4 rings (SSSR count). The molecule has 0 bridgehead atoms. The number of hydrogen-bond acceptors (Lipinski definition) is 4. The smallest absolute Gasteiger partial charge is 0.273 e. The number of rotatable bonds is 6. The second-order valence-electron chi connectivity index (χ2n) is 6.58. The maximum absolute atomic E-state index is 13.7. The lowest BCUT2D eigenvalue weighted by Gasteiger charge is -2.13. The summed E-state index contributed by atoms with van der Waals surface area (Å²) in [7, 11) is 0. The SMILES string of the molecule is O=C(NC1CCOC1)c1c(C(F)F)sc2cccc(OCc3ccccc3)c12. The first-order chi connectivity index (χ1) is 13.6. The van der Waals surface area contributed by atoms with Gasteiger partial charge in [0, 0.05) is 16.7 Å². The number of amides is 1. The molecule has 1 aliphatic rings. The molecule has 1 aromatic heterocycles. The minimum atomic E-state index is -2.74. The first-order valence-electron chi connectivity index (χ1n) is 9.02. The van der Waals surface area contributed by atoms with Crippen LogP contribution in [0.3, 0.4) is 0 Å². The van der Waals surface area contributed by atoms with Gasteiger partial charge < -0.3 is 14.8 Å². The molecule has 0 spiro atoms. The van der Waals surface area contributed by atoms with E-state index in [9.17, 15) is 13.6 Å². The Bertz CT molecular complexity index is 968. The molecule has 1 unspecified atom stereocenters. The number of nitrogens with one attached hydrogen (secondary N) is 1. The summed E-state index contributed by atoms with van der Waals surface area (Å²) < 4.78 is 39.2. The van der Waals surface area contributed by atoms with Crippen molar-refractivity contribution in [2.24, 2.45) is 0 Å². The number of carbonyl (C=O) groups excluding carboxylic acids is 1. The number of fused-ring (bicyclic) bond motifs is 1. The molecule has 28 heavy (non-hydrogen) atoms. The number of hydrogen-bond donors (Lipinski definition) is 1. The highest BCUT2D eigenvalue weighted by Gasteiger charge is 2.29. The zero-order valence-corrected chi connectivity index (χ0v) is 15.8. The predicted molar refractivity (Wildman–Crippen MR) is 104 cm³/mol. The van der Waals surface area contributed by atoms with Crippen LogP contribution in [0, 0.1) is 0 Å². The lowest BCUT2D eigenvalue weighted by molar-refractivity contribution is 0.0920. The molecular formula is C21H19F2NO3S. The Morgan fingerprint density at radius 1 is 1.21 bits per heavy atom. The second kappa shape index (κ2) is 8.24. The summed E-state index contributed by atoms with van der Waals surface area (Å²) in [5, 5.41) is 3.26. The van der Waals surface area contributed by atoms with E-state index in [1.54, 1.807) is 18.2 Å². The molecule has 1 fully saturated rings. The van der Waals surface area contributed by atoms with Crippen LogP contribution in [0.25, 0.3) is 10.1 Å². The predicted octanol–water partition coefficient (Wildman–Crippen LogP) is 4.94. The molecule has 1 aliphatic heterocycles. The molecule has 0 saturated carbocycles. The Morgan fingerprint density at radius 2 is 2.04 bits per heavy atom. The standard InChI is InChI=1S/C21H19F2NO3S/c22-20(23)19-18(21(25)24-14-9-10-26-12-14)17-15(7-4-8-16(17)28-19)27-11-13-5-2-1-3-6-13/h1-8,14,20H,9-12H2,(H,24,25). The topological polar surface area (TPSA) is 47.6 Å². The van der Waals surface area contributed by atoms with E-state index in [4.69, 9.17) is 9.47 Å². The van der Waals surface area contributed by atoms with Crippen molar-refractivity contribution in [2.75, 3.05) is 13.2 Å². The number of benzene rings is 2. The van der Waals surface area contributed by atoms with Gasteiger partial charge in [-0.05, 0) is 24.1 Å². The van der Waals surface area contributed by atoms with Crippen molar-refractivity contribution < 1.29 is 23.0 Å². The lowest BCUT2D eigenvalue weighted by Crippen LogP contribution is -2.35. The van der Waals surface area contributed by atoms with Crippen molar-refractivity contribution in [3.05, 3.63) is 64.5 Å². The summed E-state index contributed by atoms with van der Waals surface area (Å²) in [4.78, 5) is 12.6. The third kappa shape index (κ3) is 3.86. The molecule has 4 nitrogen and oxygen atoms in total. The average Bonchev–Trinajstić information content (AvgIpc) is 3.34. The molecular weight excluding hydrogens is 384 g/mol. The Balaban J connectivity index is 1.70. The summed E-state index contributed by atoms with van der Waals surface area (Å²) in [5.41, 5.74) is 0.962. The highest BCUT2D eigenvalue weighted by molar-refractivity contribution is 7.19. The number of halogens is 2. The van der Waals surface area contributed by atoms with Gasteiger partial charge in [-0.2, -0.15) is 0 Å². The largest absolute Gasteiger partial charge is 0.488 e. The number of thiophene rings is 1. The van der Waals surface area contributed by atoms with E-state index in [0.29, 0.717) is 35.5 Å². The van der Waals surface area contributed by atoms with Gasteiger partial charge in [-0.15, -0.1) is 11.3 Å². The molecule has 2 aromatic carbocycles. The van der Waals surface area contributed by atoms with Gasteiger partial charge in [-0.1, -0.05) is 36.4 Å². The number of carbonyl (C=O) groups is 1. The van der Waals surface area contributed by atoms with Crippen molar-refractivity contribution >= 4 is 27.3 Å². The molecule has 1 saturated heterocycles. The monoisotopic (exact) mass is 403 g/mol. The maximum atomic E-state index is 13.7. The first kappa shape index (κ1) is 18.8. The van der Waals surface area contributed by atoms with E-state index in [-0.39, 0.29) is 23.1 Å². The van der Waals surface area contributed by atoms with Gasteiger partial charge in [-0.3, -0.25) is 4.79 Å². The first-order valence-corrected chi connectivity index (χ1v) is 9.84. The Labute approximate surface area is 165 Å². The fourth-order valence-corrected chi connectivity index (χ4v) is 4.35. The third-order valence-electron chi connectivity index (χ3n) is 4.63. The van der Waals surface area contributed by atoms with Gasteiger partial charge in [0.25, 0.3) is 12.3 Å². The van der Waals surface area contributed by atoms with Gasteiger partial charge in [0.15, 0.2) is 0 Å². The minimum Gasteiger partial charge on any atom is -0.488 e. The summed E-state index contributed by atoms with van der Waals surface area (Å²) in [5.74, 6) is -0.0786. The van der Waals surface area contributed by atoms with Crippen LogP contribution in [0.1, 0.15) is 33.6 Å². The van der Waals surface area contributed by atoms with Gasteiger partial charge in [0.1, 0.15) is 12.4 Å². The van der Waals surface area contributed by atoms with Crippen LogP contribution < -0.4 is 10.1 Å². The highest BCUT2D eigenvalue weighted by Crippen LogP contribution is 2.42. The fraction of sp³-hybridized carbons (Fsp3) is 0.286. The van der Waals surface area contributed by atoms with Crippen LogP contribution in [0.5, 0.6) is 5.75 Å². The van der Waals surface area contributed by atoms with Crippen LogP contribution in [-0.2, 0) is 11.3 Å². The van der Waals surface area contributed by atoms with Gasteiger partial charge >= 0.3 is 0 Å². The van der Waals surface area contributed by atoms with Crippen molar-refractivity contribution in [2.45, 2.75) is 25.5 Å². The Morgan fingerprint density at radius 3 is 2.75 bits per heavy atom. The molecule has 1 N–H and O–H groups in total. The van der Waals surface area contributed by atoms with Crippen LogP contribution in [0.2, 0.25) is 0 Å². The molecule has 146 valence electrons. The van der Waals surface area contributed by atoms with Crippen molar-refractivity contribution in [3.63, 3.8) is 0 Å². The molecule has 2 heterocycles. The van der Waals surface area contributed by atoms with Gasteiger partial charge in [0.05, 0.1) is 23.1 Å². The van der Waals surface area contributed by atoms with Crippen molar-refractivity contribution in [3.8, 4) is 5.75 Å². The Hall–Kier alpha value is -2.51. The van der Waals surface area contributed by atoms with E-state index < -0.39 is 12.3 Å². The lowest BCUT2D eigenvalue weighted by atomic mass is 10.1. The van der Waals surface area contributed by atoms with Gasteiger partial charge in [0.2, 0.25) is 0 Å². The molecule has 0 aliphatic carbocycles. The number of ether oxygens (including phenoxy) is 2. The normalized spacial score (nSPS) is 16.6. The van der Waals surface area contributed by atoms with Crippen LogP contribution in [0.4, 0.5) is 8.78 Å². The minimum absolute atomic E-state index is 0.00515. The van der Waals surface area contributed by atoms with E-state index in [1.807, 2.05) is 30.3 Å². The van der Waals surface area contributed by atoms with Gasteiger partial charge in [-0.25, -0.2) is 8.78 Å². The van der Waals surface area contributed by atoms with Crippen LogP contribution in [0.15, 0.2) is 48.5 Å². The van der Waals surface area contributed by atoms with Crippen LogP contribution >= 0.6 is 11.3 Å². The Kier molecular flexibility index (Phi) is 5.54. The number of alkyl halides is 2. The zero-order chi connectivity index (χ0) is 19.5. The third-order valence-corrected chi connectivity index (χ3v) is 5.79. The summed E-state index contributed by atoms with van der Waals surface area (Å²) >= 11 is 0.932. The summed E-state index contributed by atoms with van der Waals surface area (Å²) in [6.45, 7) is 1.25. The van der Waals surface area contributed by atoms with Crippen molar-refractivity contribution in [1.82, 2.24) is 5.32 Å². The molecule has 0 radical (unpaired) electrons. The van der Waals surface area contributed by atoms with E-state index >= 15 is 0 Å².